The lowest BCUT2D eigenvalue weighted by Crippen LogP contribution is -2.44. The van der Waals surface area contributed by atoms with Gasteiger partial charge < -0.3 is 14.6 Å². The van der Waals surface area contributed by atoms with Gasteiger partial charge >= 0.3 is 0 Å². The summed E-state index contributed by atoms with van der Waals surface area (Å²) in [6.07, 6.45) is 7.58. The first kappa shape index (κ1) is 18.4. The van der Waals surface area contributed by atoms with Gasteiger partial charge in [-0.1, -0.05) is 12.1 Å². The minimum Gasteiger partial charge on any atom is -0.381 e. The number of hydrogen-bond donors (Lipinski definition) is 1. The molecule has 1 saturated heterocycles. The molecule has 1 aromatic carbocycles. The Balaban J connectivity index is 1.39. The second-order valence-electron chi connectivity index (χ2n) is 7.21. The Labute approximate surface area is 163 Å². The number of para-hydroxylation sites is 1. The van der Waals surface area contributed by atoms with Crippen LogP contribution in [0.3, 0.4) is 0 Å². The molecule has 0 saturated carbocycles. The molecule has 7 heteroatoms. The summed E-state index contributed by atoms with van der Waals surface area (Å²) in [5.74, 6) is -0.0163. The van der Waals surface area contributed by atoms with Crippen molar-refractivity contribution in [1.29, 1.82) is 0 Å². The molecule has 1 N–H and O–H groups in total. The van der Waals surface area contributed by atoms with Crippen molar-refractivity contribution >= 4 is 16.8 Å². The van der Waals surface area contributed by atoms with Crippen LogP contribution in [0, 0.1) is 0 Å². The standard InChI is InChI=1S/C21H24N4O3/c26-19(15-21(7-13-28-14-8-21)25-10-3-4-11-25)22-9-12-24-16-23-18-6-2-1-5-17(18)20(24)27/h1-6,10-11,16H,7-9,12-15H2,(H,22,26). The molecule has 3 aromatic rings. The zero-order chi connectivity index (χ0) is 19.4. The van der Waals surface area contributed by atoms with E-state index in [1.807, 2.05) is 42.7 Å². The zero-order valence-corrected chi connectivity index (χ0v) is 15.7. The number of amides is 1. The van der Waals surface area contributed by atoms with Crippen LogP contribution in [-0.2, 0) is 21.6 Å². The van der Waals surface area contributed by atoms with Gasteiger partial charge in [0.2, 0.25) is 5.91 Å². The smallest absolute Gasteiger partial charge is 0.261 e. The van der Waals surface area contributed by atoms with E-state index in [9.17, 15) is 9.59 Å². The second-order valence-corrected chi connectivity index (χ2v) is 7.21. The summed E-state index contributed by atoms with van der Waals surface area (Å²) in [6.45, 7) is 2.09. The van der Waals surface area contributed by atoms with Crippen LogP contribution in [0.4, 0.5) is 0 Å². The maximum Gasteiger partial charge on any atom is 0.261 e. The van der Waals surface area contributed by atoms with Crippen LogP contribution < -0.4 is 10.9 Å². The maximum atomic E-state index is 12.6. The first-order valence-corrected chi connectivity index (χ1v) is 9.60. The minimum atomic E-state index is -0.243. The summed E-state index contributed by atoms with van der Waals surface area (Å²) in [4.78, 5) is 29.5. The average molecular weight is 380 g/mol. The molecule has 1 aliphatic rings. The molecule has 146 valence electrons. The first-order chi connectivity index (χ1) is 13.7. The molecule has 0 bridgehead atoms. The van der Waals surface area contributed by atoms with E-state index in [4.69, 9.17) is 4.74 Å². The Kier molecular flexibility index (Phi) is 5.25. The quantitative estimate of drug-likeness (QED) is 0.709. The monoisotopic (exact) mass is 380 g/mol. The van der Waals surface area contributed by atoms with Gasteiger partial charge in [-0.3, -0.25) is 14.2 Å². The molecule has 28 heavy (non-hydrogen) atoms. The van der Waals surface area contributed by atoms with Gasteiger partial charge in [0, 0.05) is 38.7 Å². The highest BCUT2D eigenvalue weighted by molar-refractivity contribution is 5.77. The number of carbonyl (C=O) groups is 1. The maximum absolute atomic E-state index is 12.6. The molecule has 7 nitrogen and oxygen atoms in total. The number of rotatable bonds is 6. The Morgan fingerprint density at radius 3 is 2.68 bits per heavy atom. The molecule has 0 atom stereocenters. The fourth-order valence-corrected chi connectivity index (χ4v) is 3.87. The highest BCUT2D eigenvalue weighted by Gasteiger charge is 2.35. The molecule has 0 spiro atoms. The Morgan fingerprint density at radius 1 is 1.14 bits per heavy atom. The van der Waals surface area contributed by atoms with Crippen molar-refractivity contribution in [3.63, 3.8) is 0 Å². The Hall–Kier alpha value is -2.93. The summed E-state index contributed by atoms with van der Waals surface area (Å²) in [6, 6.07) is 11.2. The van der Waals surface area contributed by atoms with E-state index >= 15 is 0 Å². The third-order valence-corrected chi connectivity index (χ3v) is 5.47. The molecular formula is C21H24N4O3. The van der Waals surface area contributed by atoms with Crippen LogP contribution >= 0.6 is 0 Å². The van der Waals surface area contributed by atoms with Crippen molar-refractivity contribution in [1.82, 2.24) is 19.4 Å². The number of nitrogens with one attached hydrogen (secondary N) is 1. The van der Waals surface area contributed by atoms with Gasteiger partial charge in [0.15, 0.2) is 0 Å². The topological polar surface area (TPSA) is 78.2 Å². The molecule has 2 aromatic heterocycles. The van der Waals surface area contributed by atoms with Gasteiger partial charge in [-0.25, -0.2) is 4.98 Å². The lowest BCUT2D eigenvalue weighted by Gasteiger charge is -2.38. The SMILES string of the molecule is O=C(CC1(n2cccc2)CCOCC1)NCCn1cnc2ccccc2c1=O. The molecule has 1 aliphatic heterocycles. The van der Waals surface area contributed by atoms with Gasteiger partial charge in [-0.2, -0.15) is 0 Å². The van der Waals surface area contributed by atoms with Crippen molar-refractivity contribution in [3.05, 3.63) is 65.5 Å². The number of hydrogen-bond acceptors (Lipinski definition) is 4. The number of benzene rings is 1. The van der Waals surface area contributed by atoms with Crippen LogP contribution in [0.25, 0.3) is 10.9 Å². The number of carbonyl (C=O) groups excluding carboxylic acids is 1. The predicted molar refractivity (Wildman–Crippen MR) is 106 cm³/mol. The van der Waals surface area contributed by atoms with Crippen LogP contribution in [0.2, 0.25) is 0 Å². The van der Waals surface area contributed by atoms with E-state index in [2.05, 4.69) is 14.9 Å². The third-order valence-electron chi connectivity index (χ3n) is 5.47. The molecule has 0 radical (unpaired) electrons. The second kappa shape index (κ2) is 7.98. The summed E-state index contributed by atoms with van der Waals surface area (Å²) in [5, 5.41) is 3.55. The summed E-state index contributed by atoms with van der Waals surface area (Å²) < 4.78 is 9.17. The lowest BCUT2D eigenvalue weighted by molar-refractivity contribution is -0.124. The summed E-state index contributed by atoms with van der Waals surface area (Å²) in [7, 11) is 0. The summed E-state index contributed by atoms with van der Waals surface area (Å²) >= 11 is 0. The minimum absolute atomic E-state index is 0.0163. The normalized spacial score (nSPS) is 16.1. The zero-order valence-electron chi connectivity index (χ0n) is 15.7. The fourth-order valence-electron chi connectivity index (χ4n) is 3.87. The predicted octanol–water partition coefficient (Wildman–Crippen LogP) is 1.91. The van der Waals surface area contributed by atoms with Crippen LogP contribution in [0.1, 0.15) is 19.3 Å². The molecule has 4 rings (SSSR count). The molecule has 3 heterocycles. The molecule has 1 fully saturated rings. The van der Waals surface area contributed by atoms with Crippen LogP contribution in [0.15, 0.2) is 59.9 Å². The first-order valence-electron chi connectivity index (χ1n) is 9.60. The van der Waals surface area contributed by atoms with Crippen LogP contribution in [-0.4, -0.2) is 39.8 Å². The van der Waals surface area contributed by atoms with Gasteiger partial charge in [0.25, 0.3) is 5.56 Å². The highest BCUT2D eigenvalue weighted by atomic mass is 16.5. The van der Waals surface area contributed by atoms with E-state index in [1.54, 1.807) is 10.6 Å². The summed E-state index contributed by atoms with van der Waals surface area (Å²) in [5.41, 5.74) is 0.349. The van der Waals surface area contributed by atoms with Gasteiger partial charge in [0.05, 0.1) is 29.2 Å². The van der Waals surface area contributed by atoms with Gasteiger partial charge in [-0.15, -0.1) is 0 Å². The van der Waals surface area contributed by atoms with E-state index < -0.39 is 0 Å². The number of ether oxygens (including phenoxy) is 1. The Morgan fingerprint density at radius 2 is 1.89 bits per heavy atom. The van der Waals surface area contributed by atoms with E-state index in [0.717, 1.165) is 12.8 Å². The van der Waals surface area contributed by atoms with Crippen molar-refractivity contribution in [3.8, 4) is 0 Å². The molecular weight excluding hydrogens is 356 g/mol. The highest BCUT2D eigenvalue weighted by Crippen LogP contribution is 2.32. The van der Waals surface area contributed by atoms with Crippen molar-refractivity contribution < 1.29 is 9.53 Å². The van der Waals surface area contributed by atoms with Gasteiger partial charge in [-0.05, 0) is 37.1 Å². The van der Waals surface area contributed by atoms with Crippen LogP contribution in [0.5, 0.6) is 0 Å². The van der Waals surface area contributed by atoms with Crippen molar-refractivity contribution in [2.75, 3.05) is 19.8 Å². The average Bonchev–Trinajstić information content (AvgIpc) is 3.26. The van der Waals surface area contributed by atoms with E-state index in [1.165, 1.54) is 6.33 Å². The van der Waals surface area contributed by atoms with Crippen molar-refractivity contribution in [2.24, 2.45) is 0 Å². The third kappa shape index (κ3) is 3.71. The Bertz CT molecular complexity index is 1000. The van der Waals surface area contributed by atoms with Crippen molar-refractivity contribution in [2.45, 2.75) is 31.3 Å². The molecule has 0 aliphatic carbocycles. The molecule has 0 unspecified atom stereocenters. The lowest BCUT2D eigenvalue weighted by atomic mass is 9.86. The number of nitrogens with zero attached hydrogens (tertiary/aromatic N) is 3. The fraction of sp³-hybridized carbons (Fsp3) is 0.381. The van der Waals surface area contributed by atoms with E-state index in [-0.39, 0.29) is 17.0 Å². The number of fused-ring (bicyclic) bond motifs is 1. The molecule has 1 amide bonds. The largest absolute Gasteiger partial charge is 0.381 e. The van der Waals surface area contributed by atoms with Gasteiger partial charge in [0.1, 0.15) is 0 Å². The number of aromatic nitrogens is 3. The van der Waals surface area contributed by atoms with E-state index in [0.29, 0.717) is 43.6 Å².